The Labute approximate surface area is 187 Å². The summed E-state index contributed by atoms with van der Waals surface area (Å²) in [5, 5.41) is 10.5. The number of halogens is 2. The minimum absolute atomic E-state index is 0.0189. The maximum Gasteiger partial charge on any atom is 0.264 e. The summed E-state index contributed by atoms with van der Waals surface area (Å²) in [7, 11) is -6.13. The third-order valence-corrected chi connectivity index (χ3v) is 8.45. The molecule has 1 unspecified atom stereocenters. The largest absolute Gasteiger partial charge is 0.392 e. The first kappa shape index (κ1) is 24.9. The van der Waals surface area contributed by atoms with Crippen LogP contribution < -0.4 is 9.03 Å². The summed E-state index contributed by atoms with van der Waals surface area (Å²) in [4.78, 5) is 0.0189. The fourth-order valence-electron chi connectivity index (χ4n) is 2.99. The van der Waals surface area contributed by atoms with Crippen LogP contribution in [0.15, 0.2) is 47.4 Å². The lowest BCUT2D eigenvalue weighted by molar-refractivity contribution is 0.282. The number of sulfonamides is 2. The maximum absolute atomic E-state index is 13.5. The van der Waals surface area contributed by atoms with E-state index in [1.54, 1.807) is 19.1 Å². The summed E-state index contributed by atoms with van der Waals surface area (Å²) in [6.07, 6.45) is 0.511. The molecule has 0 aromatic heterocycles. The lowest BCUT2D eigenvalue weighted by atomic mass is 10.1. The first-order chi connectivity index (χ1) is 14.0. The Morgan fingerprint density at radius 1 is 1.03 bits per heavy atom. The second-order valence-electron chi connectivity index (χ2n) is 6.70. The zero-order valence-electron chi connectivity index (χ0n) is 16.5. The Balaban J connectivity index is 2.50. The molecule has 0 radical (unpaired) electrons. The van der Waals surface area contributed by atoms with E-state index < -0.39 is 26.1 Å². The van der Waals surface area contributed by atoms with Crippen molar-refractivity contribution in [2.24, 2.45) is 0 Å². The summed E-state index contributed by atoms with van der Waals surface area (Å²) in [6.45, 7) is 1.29. The molecule has 2 rings (SSSR count). The molecule has 2 N–H and O–H groups in total. The minimum Gasteiger partial charge on any atom is -0.392 e. The molecular weight excluding hydrogens is 471 g/mol. The highest BCUT2D eigenvalue weighted by Gasteiger charge is 2.31. The van der Waals surface area contributed by atoms with Crippen molar-refractivity contribution in [3.63, 3.8) is 0 Å². The van der Waals surface area contributed by atoms with Crippen molar-refractivity contribution < 1.29 is 21.9 Å². The molecule has 0 bridgehead atoms. The van der Waals surface area contributed by atoms with Crippen LogP contribution in [0, 0.1) is 0 Å². The SMILES string of the molecule is CNS(=O)(=O)CCCC(C)N(c1cc(Cl)ccc1CO)S(=O)(=O)c1ccc(Cl)cc1. The van der Waals surface area contributed by atoms with E-state index in [0.29, 0.717) is 15.6 Å². The minimum atomic E-state index is -4.05. The summed E-state index contributed by atoms with van der Waals surface area (Å²) in [6, 6.07) is 9.72. The Kier molecular flexibility index (Phi) is 8.55. The molecular formula is C19H24Cl2N2O5S2. The van der Waals surface area contributed by atoms with Crippen LogP contribution in [0.5, 0.6) is 0 Å². The van der Waals surface area contributed by atoms with Crippen LogP contribution in [-0.2, 0) is 26.7 Å². The van der Waals surface area contributed by atoms with E-state index in [4.69, 9.17) is 23.2 Å². The molecule has 0 fully saturated rings. The summed E-state index contributed by atoms with van der Waals surface area (Å²) >= 11 is 12.0. The summed E-state index contributed by atoms with van der Waals surface area (Å²) in [5.41, 5.74) is 0.621. The lowest BCUT2D eigenvalue weighted by Gasteiger charge is -2.32. The molecule has 2 aromatic rings. The van der Waals surface area contributed by atoms with Gasteiger partial charge in [0, 0.05) is 21.7 Å². The normalized spacial score (nSPS) is 13.2. The predicted molar refractivity (Wildman–Crippen MR) is 120 cm³/mol. The van der Waals surface area contributed by atoms with Crippen LogP contribution in [0.25, 0.3) is 0 Å². The molecule has 0 aliphatic carbocycles. The average molecular weight is 495 g/mol. The van der Waals surface area contributed by atoms with Gasteiger partial charge in [0.05, 0.1) is 22.9 Å². The zero-order chi connectivity index (χ0) is 22.5. The van der Waals surface area contributed by atoms with E-state index in [1.807, 2.05) is 0 Å². The molecule has 2 aromatic carbocycles. The molecule has 7 nitrogen and oxygen atoms in total. The fourth-order valence-corrected chi connectivity index (χ4v) is 5.75. The number of aliphatic hydroxyl groups is 1. The summed E-state index contributed by atoms with van der Waals surface area (Å²) < 4.78 is 53.9. The number of aliphatic hydroxyl groups excluding tert-OH is 1. The van der Waals surface area contributed by atoms with E-state index in [-0.39, 0.29) is 35.8 Å². The molecule has 0 heterocycles. The van der Waals surface area contributed by atoms with Gasteiger partial charge in [0.15, 0.2) is 0 Å². The topological polar surface area (TPSA) is 104 Å². The third-order valence-electron chi connectivity index (χ3n) is 4.57. The van der Waals surface area contributed by atoms with Crippen molar-refractivity contribution in [1.29, 1.82) is 0 Å². The number of nitrogens with zero attached hydrogens (tertiary/aromatic N) is 1. The van der Waals surface area contributed by atoms with Gasteiger partial charge >= 0.3 is 0 Å². The van der Waals surface area contributed by atoms with Gasteiger partial charge in [-0.05, 0) is 63.2 Å². The Bertz CT molecular complexity index is 1070. The Morgan fingerprint density at radius 3 is 2.20 bits per heavy atom. The average Bonchev–Trinajstić information content (AvgIpc) is 2.68. The highest BCUT2D eigenvalue weighted by atomic mass is 35.5. The Hall–Kier alpha value is -1.36. The van der Waals surface area contributed by atoms with Crippen molar-refractivity contribution in [2.75, 3.05) is 17.1 Å². The van der Waals surface area contributed by atoms with Crippen LogP contribution in [0.3, 0.4) is 0 Å². The molecule has 0 aliphatic heterocycles. The number of hydrogen-bond donors (Lipinski definition) is 2. The molecule has 0 amide bonds. The second kappa shape index (κ2) is 10.3. The van der Waals surface area contributed by atoms with Crippen molar-refractivity contribution in [2.45, 2.75) is 37.3 Å². The van der Waals surface area contributed by atoms with Gasteiger partial charge in [-0.1, -0.05) is 29.3 Å². The van der Waals surface area contributed by atoms with Crippen LogP contribution in [0.2, 0.25) is 10.0 Å². The zero-order valence-corrected chi connectivity index (χ0v) is 19.7. The van der Waals surface area contributed by atoms with E-state index in [0.717, 1.165) is 0 Å². The maximum atomic E-state index is 13.5. The van der Waals surface area contributed by atoms with Crippen LogP contribution in [0.4, 0.5) is 5.69 Å². The molecule has 30 heavy (non-hydrogen) atoms. The smallest absolute Gasteiger partial charge is 0.264 e. The van der Waals surface area contributed by atoms with Crippen molar-refractivity contribution in [1.82, 2.24) is 4.72 Å². The van der Waals surface area contributed by atoms with Crippen molar-refractivity contribution in [3.8, 4) is 0 Å². The van der Waals surface area contributed by atoms with Gasteiger partial charge in [0.1, 0.15) is 0 Å². The van der Waals surface area contributed by atoms with Crippen LogP contribution in [0.1, 0.15) is 25.3 Å². The second-order valence-corrected chi connectivity index (χ2v) is 11.4. The fraction of sp³-hybridized carbons (Fsp3) is 0.368. The van der Waals surface area contributed by atoms with Crippen LogP contribution in [-0.4, -0.2) is 40.8 Å². The molecule has 1 atom stereocenters. The standard InChI is InChI=1S/C19H24Cl2N2O5S2/c1-14(4-3-11-29(25,26)22-2)23(19-12-17(21)6-5-15(19)13-24)30(27,28)18-9-7-16(20)8-10-18/h5-10,12,14,22,24H,3-4,11,13H2,1-2H3. The number of rotatable bonds is 10. The van der Waals surface area contributed by atoms with E-state index in [1.165, 1.54) is 41.7 Å². The number of benzene rings is 2. The molecule has 0 saturated carbocycles. The Morgan fingerprint density at radius 2 is 1.63 bits per heavy atom. The predicted octanol–water partition coefficient (Wildman–Crippen LogP) is 3.40. The van der Waals surface area contributed by atoms with E-state index in [9.17, 15) is 21.9 Å². The first-order valence-corrected chi connectivity index (χ1v) is 13.0. The van der Waals surface area contributed by atoms with Gasteiger partial charge in [0.25, 0.3) is 10.0 Å². The monoisotopic (exact) mass is 494 g/mol. The summed E-state index contributed by atoms with van der Waals surface area (Å²) in [5.74, 6) is -0.134. The third kappa shape index (κ3) is 6.09. The molecule has 0 spiro atoms. The van der Waals surface area contributed by atoms with Crippen LogP contribution >= 0.6 is 23.2 Å². The van der Waals surface area contributed by atoms with Gasteiger partial charge in [0.2, 0.25) is 10.0 Å². The lowest BCUT2D eigenvalue weighted by Crippen LogP contribution is -2.39. The molecule has 11 heteroatoms. The highest BCUT2D eigenvalue weighted by Crippen LogP contribution is 2.33. The molecule has 0 aliphatic rings. The number of hydrogen-bond acceptors (Lipinski definition) is 5. The van der Waals surface area contributed by atoms with Gasteiger partial charge < -0.3 is 5.11 Å². The van der Waals surface area contributed by atoms with Gasteiger partial charge in [-0.25, -0.2) is 21.6 Å². The number of nitrogens with one attached hydrogen (secondary N) is 1. The molecule has 0 saturated heterocycles. The molecule has 166 valence electrons. The first-order valence-electron chi connectivity index (χ1n) is 9.12. The highest BCUT2D eigenvalue weighted by molar-refractivity contribution is 7.92. The number of anilines is 1. The van der Waals surface area contributed by atoms with Gasteiger partial charge in [-0.15, -0.1) is 0 Å². The van der Waals surface area contributed by atoms with Gasteiger partial charge in [-0.2, -0.15) is 0 Å². The van der Waals surface area contributed by atoms with Crippen molar-refractivity contribution in [3.05, 3.63) is 58.1 Å². The quantitative estimate of drug-likeness (QED) is 0.526. The van der Waals surface area contributed by atoms with E-state index in [2.05, 4.69) is 4.72 Å². The van der Waals surface area contributed by atoms with Gasteiger partial charge in [-0.3, -0.25) is 4.31 Å². The van der Waals surface area contributed by atoms with Crippen molar-refractivity contribution >= 4 is 48.9 Å². The van der Waals surface area contributed by atoms with E-state index >= 15 is 0 Å².